The maximum Gasteiger partial charge on any atom is 0.0647 e. The Hall–Kier alpha value is -1.77. The van der Waals surface area contributed by atoms with E-state index in [-0.39, 0.29) is 0 Å². The Morgan fingerprint density at radius 2 is 1.75 bits per heavy atom. The van der Waals surface area contributed by atoms with Gasteiger partial charge in [-0.05, 0) is 61.4 Å². The van der Waals surface area contributed by atoms with E-state index in [1.165, 1.54) is 24.9 Å². The van der Waals surface area contributed by atoms with Crippen LogP contribution in [-0.2, 0) is 0 Å². The van der Waals surface area contributed by atoms with Gasteiger partial charge in [-0.3, -0.25) is 0 Å². The average Bonchev–Trinajstić information content (AvgIpc) is 2.92. The number of nitrogens with one attached hydrogen (secondary N) is 1. The maximum atomic E-state index is 4.25. The van der Waals surface area contributed by atoms with Crippen molar-refractivity contribution in [3.05, 3.63) is 42.7 Å². The molecule has 1 aliphatic carbocycles. The van der Waals surface area contributed by atoms with E-state index in [4.69, 9.17) is 0 Å². The summed E-state index contributed by atoms with van der Waals surface area (Å²) in [5, 5.41) is 7.93. The van der Waals surface area contributed by atoms with Crippen LogP contribution in [0.15, 0.2) is 42.7 Å². The van der Waals surface area contributed by atoms with Crippen LogP contribution in [0.3, 0.4) is 0 Å². The van der Waals surface area contributed by atoms with Gasteiger partial charge in [0.25, 0.3) is 0 Å². The molecule has 3 nitrogen and oxygen atoms in total. The van der Waals surface area contributed by atoms with E-state index in [1.54, 1.807) is 6.20 Å². The van der Waals surface area contributed by atoms with Gasteiger partial charge in [-0.15, -0.1) is 0 Å². The van der Waals surface area contributed by atoms with Gasteiger partial charge in [0.1, 0.15) is 0 Å². The molecule has 0 spiro atoms. The topological polar surface area (TPSA) is 29.9 Å². The molecular weight excluding hydrogens is 246 g/mol. The Morgan fingerprint density at radius 1 is 1.05 bits per heavy atom. The molecule has 2 unspecified atom stereocenters. The molecular formula is C17H23N3. The van der Waals surface area contributed by atoms with Crippen molar-refractivity contribution in [1.82, 2.24) is 9.78 Å². The van der Waals surface area contributed by atoms with Crippen molar-refractivity contribution in [3.63, 3.8) is 0 Å². The third kappa shape index (κ3) is 3.03. The normalized spacial score (nSPS) is 26.4. The Morgan fingerprint density at radius 3 is 2.35 bits per heavy atom. The molecule has 1 heterocycles. The van der Waals surface area contributed by atoms with Crippen molar-refractivity contribution < 1.29 is 0 Å². The first kappa shape index (κ1) is 13.2. The second-order valence-corrected chi connectivity index (χ2v) is 6.26. The fraction of sp³-hybridized carbons (Fsp3) is 0.471. The van der Waals surface area contributed by atoms with Crippen LogP contribution in [0, 0.1) is 11.8 Å². The van der Waals surface area contributed by atoms with Crippen molar-refractivity contribution in [2.75, 3.05) is 5.32 Å². The molecule has 1 aromatic heterocycles. The SMILES string of the molecule is CC1CC(C)CC(Nc2ccc(-n3cccn3)cc2)C1. The van der Waals surface area contributed by atoms with Gasteiger partial charge < -0.3 is 5.32 Å². The zero-order chi connectivity index (χ0) is 13.9. The smallest absolute Gasteiger partial charge is 0.0647 e. The van der Waals surface area contributed by atoms with Crippen molar-refractivity contribution >= 4 is 5.69 Å². The van der Waals surface area contributed by atoms with Crippen molar-refractivity contribution in [2.24, 2.45) is 11.8 Å². The molecule has 0 radical (unpaired) electrons. The molecule has 1 saturated carbocycles. The quantitative estimate of drug-likeness (QED) is 0.908. The Kier molecular flexibility index (Phi) is 3.77. The van der Waals surface area contributed by atoms with Gasteiger partial charge >= 0.3 is 0 Å². The highest BCUT2D eigenvalue weighted by Crippen LogP contribution is 2.30. The number of hydrogen-bond donors (Lipinski definition) is 1. The molecule has 2 aromatic rings. The van der Waals surface area contributed by atoms with E-state index in [0.29, 0.717) is 6.04 Å². The number of rotatable bonds is 3. The van der Waals surface area contributed by atoms with Gasteiger partial charge in [0, 0.05) is 24.1 Å². The van der Waals surface area contributed by atoms with Gasteiger partial charge in [-0.25, -0.2) is 4.68 Å². The minimum atomic E-state index is 0.615. The van der Waals surface area contributed by atoms with E-state index in [9.17, 15) is 0 Å². The highest BCUT2D eigenvalue weighted by molar-refractivity contribution is 5.49. The highest BCUT2D eigenvalue weighted by atomic mass is 15.3. The third-order valence-corrected chi connectivity index (χ3v) is 4.19. The number of anilines is 1. The predicted octanol–water partition coefficient (Wildman–Crippen LogP) is 4.11. The second kappa shape index (κ2) is 5.70. The van der Waals surface area contributed by atoms with Gasteiger partial charge in [-0.1, -0.05) is 13.8 Å². The maximum absolute atomic E-state index is 4.25. The van der Waals surface area contributed by atoms with E-state index in [2.05, 4.69) is 48.5 Å². The van der Waals surface area contributed by atoms with Crippen LogP contribution >= 0.6 is 0 Å². The molecule has 0 bridgehead atoms. The molecule has 1 aliphatic rings. The van der Waals surface area contributed by atoms with E-state index >= 15 is 0 Å². The minimum Gasteiger partial charge on any atom is -0.382 e. The van der Waals surface area contributed by atoms with Crippen LogP contribution in [0.25, 0.3) is 5.69 Å². The average molecular weight is 269 g/mol. The largest absolute Gasteiger partial charge is 0.382 e. The molecule has 3 rings (SSSR count). The summed E-state index contributed by atoms with van der Waals surface area (Å²) in [5.41, 5.74) is 2.32. The monoisotopic (exact) mass is 269 g/mol. The zero-order valence-electron chi connectivity index (χ0n) is 12.3. The molecule has 1 N–H and O–H groups in total. The molecule has 1 aromatic carbocycles. The first-order valence-corrected chi connectivity index (χ1v) is 7.57. The molecule has 0 saturated heterocycles. The molecule has 1 fully saturated rings. The highest BCUT2D eigenvalue weighted by Gasteiger charge is 2.23. The lowest BCUT2D eigenvalue weighted by atomic mass is 9.80. The Balaban J connectivity index is 1.66. The van der Waals surface area contributed by atoms with E-state index in [0.717, 1.165) is 17.5 Å². The van der Waals surface area contributed by atoms with Crippen molar-refractivity contribution in [1.29, 1.82) is 0 Å². The van der Waals surface area contributed by atoms with Crippen LogP contribution in [-0.4, -0.2) is 15.8 Å². The second-order valence-electron chi connectivity index (χ2n) is 6.26. The Labute approximate surface area is 121 Å². The molecule has 2 atom stereocenters. The van der Waals surface area contributed by atoms with Crippen LogP contribution in [0.1, 0.15) is 33.1 Å². The molecule has 106 valence electrons. The lowest BCUT2D eigenvalue weighted by Crippen LogP contribution is -2.30. The summed E-state index contributed by atoms with van der Waals surface area (Å²) < 4.78 is 1.88. The summed E-state index contributed by atoms with van der Waals surface area (Å²) in [6.45, 7) is 4.73. The molecule has 20 heavy (non-hydrogen) atoms. The lowest BCUT2D eigenvalue weighted by Gasteiger charge is -2.32. The zero-order valence-corrected chi connectivity index (χ0v) is 12.3. The number of hydrogen-bond acceptors (Lipinski definition) is 2. The number of nitrogens with zero attached hydrogens (tertiary/aromatic N) is 2. The number of aromatic nitrogens is 2. The van der Waals surface area contributed by atoms with Gasteiger partial charge in [0.15, 0.2) is 0 Å². The van der Waals surface area contributed by atoms with Gasteiger partial charge in [0.05, 0.1) is 5.69 Å². The van der Waals surface area contributed by atoms with Crippen LogP contribution in [0.4, 0.5) is 5.69 Å². The number of benzene rings is 1. The fourth-order valence-electron chi connectivity index (χ4n) is 3.43. The summed E-state index contributed by atoms with van der Waals surface area (Å²) >= 11 is 0. The molecule has 3 heteroatoms. The Bertz CT molecular complexity index is 520. The summed E-state index contributed by atoms with van der Waals surface area (Å²) in [6.07, 6.45) is 7.71. The first-order valence-electron chi connectivity index (χ1n) is 7.57. The summed E-state index contributed by atoms with van der Waals surface area (Å²) in [4.78, 5) is 0. The predicted molar refractivity (Wildman–Crippen MR) is 83.2 cm³/mol. The van der Waals surface area contributed by atoms with E-state index < -0.39 is 0 Å². The van der Waals surface area contributed by atoms with Crippen molar-refractivity contribution in [3.8, 4) is 5.69 Å². The summed E-state index contributed by atoms with van der Waals surface area (Å²) in [6, 6.07) is 11.1. The third-order valence-electron chi connectivity index (χ3n) is 4.19. The van der Waals surface area contributed by atoms with E-state index in [1.807, 2.05) is 16.9 Å². The lowest BCUT2D eigenvalue weighted by molar-refractivity contribution is 0.281. The standard InChI is InChI=1S/C17H23N3/c1-13-10-14(2)12-16(11-13)19-15-4-6-17(7-5-15)20-9-3-8-18-20/h3-9,13-14,16,19H,10-12H2,1-2H3. The molecule has 0 aliphatic heterocycles. The van der Waals surface area contributed by atoms with Crippen LogP contribution in [0.5, 0.6) is 0 Å². The van der Waals surface area contributed by atoms with Gasteiger partial charge in [-0.2, -0.15) is 5.10 Å². The fourth-order valence-corrected chi connectivity index (χ4v) is 3.43. The van der Waals surface area contributed by atoms with Gasteiger partial charge in [0.2, 0.25) is 0 Å². The first-order chi connectivity index (χ1) is 9.70. The van der Waals surface area contributed by atoms with Crippen molar-refractivity contribution in [2.45, 2.75) is 39.2 Å². The van der Waals surface area contributed by atoms with Crippen LogP contribution in [0.2, 0.25) is 0 Å². The summed E-state index contributed by atoms with van der Waals surface area (Å²) in [7, 11) is 0. The summed E-state index contributed by atoms with van der Waals surface area (Å²) in [5.74, 6) is 1.67. The molecule has 0 amide bonds. The minimum absolute atomic E-state index is 0.615. The van der Waals surface area contributed by atoms with Crippen LogP contribution < -0.4 is 5.32 Å².